The Balaban J connectivity index is 1.33. The van der Waals surface area contributed by atoms with E-state index in [1.165, 1.54) is 4.90 Å². The Morgan fingerprint density at radius 1 is 1.02 bits per heavy atom. The number of nitrogens with one attached hydrogen (secondary N) is 2. The van der Waals surface area contributed by atoms with Crippen LogP contribution in [0, 0.1) is 11.8 Å². The minimum Gasteiger partial charge on any atom is -0.494 e. The number of ether oxygens (including phenoxy) is 2. The highest BCUT2D eigenvalue weighted by molar-refractivity contribution is 6.30. The Kier molecular flexibility index (Phi) is 8.13. The average Bonchev–Trinajstić information content (AvgIpc) is 3.66. The molecule has 9 nitrogen and oxygen atoms in total. The van der Waals surface area contributed by atoms with E-state index < -0.39 is 41.5 Å². The second-order valence-electron chi connectivity index (χ2n) is 11.3. The molecule has 6 atom stereocenters. The molecule has 3 aromatic carbocycles. The number of halogens is 1. The van der Waals surface area contributed by atoms with Crippen LogP contribution in [0.1, 0.15) is 25.3 Å². The average molecular weight is 604 g/mol. The predicted molar refractivity (Wildman–Crippen MR) is 162 cm³/mol. The van der Waals surface area contributed by atoms with Gasteiger partial charge < -0.3 is 30.1 Å². The van der Waals surface area contributed by atoms with Crippen molar-refractivity contribution in [1.29, 1.82) is 0 Å². The van der Waals surface area contributed by atoms with Crippen LogP contribution in [-0.2, 0) is 25.5 Å². The number of aliphatic hydroxyl groups excluding tert-OH is 1. The maximum atomic E-state index is 14.4. The standard InChI is InChI=1S/C33H34ClN3O6/c1-2-42-25-14-12-23(13-15-25)35-30(39)27-26-16-17-33(43-26)28(27)32(41)37(24(19-38)18-20-6-4-3-5-7-20)29(33)31(40)36-22-10-8-21(34)9-11-22/h3-15,24,26-29,38H,2,16-19H2,1H3,(H,35,39)(H,36,40)/t24-,26+,27-,28+,29?,33?/m1/s1. The highest BCUT2D eigenvalue weighted by atomic mass is 35.5. The summed E-state index contributed by atoms with van der Waals surface area (Å²) in [7, 11) is 0. The van der Waals surface area contributed by atoms with Crippen molar-refractivity contribution in [2.75, 3.05) is 23.8 Å². The van der Waals surface area contributed by atoms with Crippen molar-refractivity contribution in [1.82, 2.24) is 4.90 Å². The lowest BCUT2D eigenvalue weighted by molar-refractivity contribution is -0.143. The van der Waals surface area contributed by atoms with E-state index in [9.17, 15) is 19.5 Å². The van der Waals surface area contributed by atoms with E-state index in [0.717, 1.165) is 5.56 Å². The molecule has 3 fully saturated rings. The summed E-state index contributed by atoms with van der Waals surface area (Å²) >= 11 is 6.05. The number of carbonyl (C=O) groups is 3. The van der Waals surface area contributed by atoms with E-state index in [1.54, 1.807) is 48.5 Å². The van der Waals surface area contributed by atoms with E-state index in [4.69, 9.17) is 21.1 Å². The Morgan fingerprint density at radius 2 is 1.67 bits per heavy atom. The van der Waals surface area contributed by atoms with Crippen LogP contribution in [0.2, 0.25) is 5.02 Å². The largest absolute Gasteiger partial charge is 0.494 e. The van der Waals surface area contributed by atoms with E-state index in [1.807, 2.05) is 37.3 Å². The van der Waals surface area contributed by atoms with Crippen LogP contribution in [0.5, 0.6) is 5.75 Å². The van der Waals surface area contributed by atoms with E-state index in [0.29, 0.717) is 48.0 Å². The monoisotopic (exact) mass is 603 g/mol. The number of nitrogens with zero attached hydrogens (tertiary/aromatic N) is 1. The zero-order valence-electron chi connectivity index (χ0n) is 23.7. The first-order valence-corrected chi connectivity index (χ1v) is 15.0. The normalized spacial score (nSPS) is 26.2. The maximum Gasteiger partial charge on any atom is 0.250 e. The lowest BCUT2D eigenvalue weighted by Gasteiger charge is -2.36. The highest BCUT2D eigenvalue weighted by Crippen LogP contribution is 2.59. The van der Waals surface area contributed by atoms with Gasteiger partial charge in [-0.3, -0.25) is 14.4 Å². The maximum absolute atomic E-state index is 14.4. The molecule has 3 saturated heterocycles. The lowest BCUT2D eigenvalue weighted by atomic mass is 9.70. The molecular weight excluding hydrogens is 570 g/mol. The number of aliphatic hydroxyl groups is 1. The Bertz CT molecular complexity index is 1480. The lowest BCUT2D eigenvalue weighted by Crippen LogP contribution is -2.56. The number of amides is 3. The number of benzene rings is 3. The smallest absolute Gasteiger partial charge is 0.250 e. The van der Waals surface area contributed by atoms with Gasteiger partial charge in [0.05, 0.1) is 37.2 Å². The third kappa shape index (κ3) is 5.37. The van der Waals surface area contributed by atoms with Gasteiger partial charge in [0.1, 0.15) is 17.4 Å². The van der Waals surface area contributed by atoms with Gasteiger partial charge >= 0.3 is 0 Å². The molecule has 10 heteroatoms. The third-order valence-corrected chi connectivity index (χ3v) is 9.00. The number of hydrogen-bond acceptors (Lipinski definition) is 6. The second kappa shape index (κ2) is 12.0. The predicted octanol–water partition coefficient (Wildman–Crippen LogP) is 4.29. The number of likely N-dealkylation sites (tertiary alicyclic amines) is 1. The SMILES string of the molecule is CCOc1ccc(NC(=O)[C@@H]2[C@@H]3CCC4(O3)C(C(=O)Nc3ccc(Cl)cc3)N([C@@H](CO)Cc3ccccc3)C(=O)[C@H]24)cc1. The molecule has 0 aliphatic carbocycles. The van der Waals surface area contributed by atoms with Crippen molar-refractivity contribution in [3.8, 4) is 5.75 Å². The van der Waals surface area contributed by atoms with Crippen LogP contribution in [-0.4, -0.2) is 64.7 Å². The molecule has 1 spiro atoms. The number of carbonyl (C=O) groups excluding carboxylic acids is 3. The van der Waals surface area contributed by atoms with Crippen molar-refractivity contribution in [2.24, 2.45) is 11.8 Å². The Morgan fingerprint density at radius 3 is 2.33 bits per heavy atom. The molecule has 43 heavy (non-hydrogen) atoms. The minimum absolute atomic E-state index is 0.336. The molecule has 3 aromatic rings. The summed E-state index contributed by atoms with van der Waals surface area (Å²) in [5.74, 6) is -2.11. The van der Waals surface area contributed by atoms with Crippen molar-refractivity contribution >= 4 is 40.7 Å². The zero-order valence-corrected chi connectivity index (χ0v) is 24.5. The summed E-state index contributed by atoms with van der Waals surface area (Å²) in [6, 6.07) is 21.5. The molecule has 3 aliphatic rings. The molecular formula is C33H34ClN3O6. The summed E-state index contributed by atoms with van der Waals surface area (Å²) in [5, 5.41) is 17.0. The van der Waals surface area contributed by atoms with Gasteiger partial charge in [0.25, 0.3) is 0 Å². The molecule has 2 bridgehead atoms. The third-order valence-electron chi connectivity index (χ3n) is 8.75. The first kappa shape index (κ1) is 29.2. The topological polar surface area (TPSA) is 117 Å². The van der Waals surface area contributed by atoms with E-state index >= 15 is 0 Å². The zero-order chi connectivity index (χ0) is 30.1. The van der Waals surface area contributed by atoms with Gasteiger partial charge in [-0.15, -0.1) is 0 Å². The van der Waals surface area contributed by atoms with Crippen LogP contribution >= 0.6 is 11.6 Å². The summed E-state index contributed by atoms with van der Waals surface area (Å²) in [4.78, 5) is 43.7. The molecule has 0 saturated carbocycles. The summed E-state index contributed by atoms with van der Waals surface area (Å²) < 4.78 is 12.0. The fourth-order valence-corrected chi connectivity index (χ4v) is 7.12. The van der Waals surface area contributed by atoms with E-state index in [-0.39, 0.29) is 18.4 Å². The first-order valence-electron chi connectivity index (χ1n) is 14.6. The van der Waals surface area contributed by atoms with Crippen LogP contribution in [0.3, 0.4) is 0 Å². The molecule has 2 unspecified atom stereocenters. The molecule has 3 aliphatic heterocycles. The summed E-state index contributed by atoms with van der Waals surface area (Å²) in [6.07, 6.45) is 0.806. The van der Waals surface area contributed by atoms with Crippen LogP contribution in [0.4, 0.5) is 11.4 Å². The Labute approximate surface area is 255 Å². The van der Waals surface area contributed by atoms with Crippen molar-refractivity contribution in [3.63, 3.8) is 0 Å². The minimum atomic E-state index is -1.21. The van der Waals surface area contributed by atoms with Gasteiger partial charge in [-0.25, -0.2) is 0 Å². The van der Waals surface area contributed by atoms with Gasteiger partial charge in [0, 0.05) is 16.4 Å². The van der Waals surface area contributed by atoms with Crippen LogP contribution in [0.25, 0.3) is 0 Å². The summed E-state index contributed by atoms with van der Waals surface area (Å²) in [6.45, 7) is 2.06. The fourth-order valence-electron chi connectivity index (χ4n) is 6.99. The molecule has 0 aromatic heterocycles. The van der Waals surface area contributed by atoms with Gasteiger partial charge in [-0.05, 0) is 80.3 Å². The van der Waals surface area contributed by atoms with Gasteiger partial charge in [-0.2, -0.15) is 0 Å². The molecule has 3 heterocycles. The number of fused-ring (bicyclic) bond motifs is 1. The van der Waals surface area contributed by atoms with Crippen molar-refractivity contribution < 1.29 is 29.0 Å². The molecule has 3 N–H and O–H groups in total. The van der Waals surface area contributed by atoms with Crippen molar-refractivity contribution in [3.05, 3.63) is 89.4 Å². The van der Waals surface area contributed by atoms with Crippen LogP contribution < -0.4 is 15.4 Å². The number of anilines is 2. The molecule has 0 radical (unpaired) electrons. The Hall–Kier alpha value is -3.92. The fraction of sp³-hybridized carbons (Fsp3) is 0.364. The van der Waals surface area contributed by atoms with Gasteiger partial charge in [0.15, 0.2) is 0 Å². The number of rotatable bonds is 10. The second-order valence-corrected chi connectivity index (χ2v) is 11.7. The highest BCUT2D eigenvalue weighted by Gasteiger charge is 2.75. The molecule has 6 rings (SSSR count). The first-order chi connectivity index (χ1) is 20.8. The quantitative estimate of drug-likeness (QED) is 0.318. The number of hydrogen-bond donors (Lipinski definition) is 3. The van der Waals surface area contributed by atoms with Gasteiger partial charge in [-0.1, -0.05) is 41.9 Å². The summed E-state index contributed by atoms with van der Waals surface area (Å²) in [5.41, 5.74) is 0.795. The molecule has 3 amide bonds. The van der Waals surface area contributed by atoms with Crippen molar-refractivity contribution in [2.45, 2.75) is 50.0 Å². The van der Waals surface area contributed by atoms with Gasteiger partial charge in [0.2, 0.25) is 17.7 Å². The molecule has 224 valence electrons. The van der Waals surface area contributed by atoms with E-state index in [2.05, 4.69) is 10.6 Å². The van der Waals surface area contributed by atoms with Crippen LogP contribution in [0.15, 0.2) is 78.9 Å².